The topological polar surface area (TPSA) is 102 Å². The Kier molecular flexibility index (Phi) is 11.2. The first-order chi connectivity index (χ1) is 19.3. The maximum Gasteiger partial charge on any atom is 0.408 e. The Morgan fingerprint density at radius 3 is 2.17 bits per heavy atom. The zero-order valence-electron chi connectivity index (χ0n) is 21.9. The van der Waals surface area contributed by atoms with Crippen LogP contribution in [0.3, 0.4) is 0 Å². The van der Waals surface area contributed by atoms with E-state index in [-0.39, 0.29) is 24.6 Å². The van der Waals surface area contributed by atoms with Crippen LogP contribution in [-0.4, -0.2) is 35.6 Å². The fourth-order valence-corrected chi connectivity index (χ4v) is 6.67. The number of esters is 1. The second-order valence-corrected chi connectivity index (χ2v) is 12.2. The van der Waals surface area contributed by atoms with Gasteiger partial charge in [-0.1, -0.05) is 73.9 Å². The van der Waals surface area contributed by atoms with Crippen LogP contribution in [0.4, 0.5) is 4.79 Å². The first-order valence-electron chi connectivity index (χ1n) is 13.2. The highest BCUT2D eigenvalue weighted by Crippen LogP contribution is 2.32. The zero-order chi connectivity index (χ0) is 28.5. The minimum absolute atomic E-state index is 0.0405. The van der Waals surface area contributed by atoms with Crippen molar-refractivity contribution in [3.63, 3.8) is 0 Å². The van der Waals surface area contributed by atoms with Crippen molar-refractivity contribution in [2.45, 2.75) is 57.1 Å². The van der Waals surface area contributed by atoms with E-state index >= 15 is 0 Å². The second-order valence-electron chi connectivity index (χ2n) is 9.86. The lowest BCUT2D eigenvalue weighted by molar-refractivity contribution is -0.144. The van der Waals surface area contributed by atoms with Crippen molar-refractivity contribution in [3.05, 3.63) is 96.1 Å². The third-order valence-corrected chi connectivity index (χ3v) is 8.61. The van der Waals surface area contributed by atoms with Gasteiger partial charge in [0.25, 0.3) is 0 Å². The Labute approximate surface area is 261 Å². The highest BCUT2D eigenvalue weighted by molar-refractivity contribution is 14.1. The average Bonchev–Trinajstić information content (AvgIpc) is 2.98. The van der Waals surface area contributed by atoms with Crippen molar-refractivity contribution < 1.29 is 29.0 Å². The van der Waals surface area contributed by atoms with Gasteiger partial charge in [-0.25, -0.2) is 9.59 Å². The Morgan fingerprint density at radius 1 is 0.875 bits per heavy atom. The third-order valence-electron chi connectivity index (χ3n) is 6.96. The number of hydrogen-bond acceptors (Lipinski definition) is 6. The first-order valence-corrected chi connectivity index (χ1v) is 15.4. The maximum atomic E-state index is 13.1. The number of alkyl carbamates (subject to hydrolysis) is 1. The summed E-state index contributed by atoms with van der Waals surface area (Å²) in [5.74, 6) is -0.376. The highest BCUT2D eigenvalue weighted by atomic mass is 127. The van der Waals surface area contributed by atoms with Crippen molar-refractivity contribution in [2.75, 3.05) is 6.61 Å². The summed E-state index contributed by atoms with van der Waals surface area (Å²) in [4.78, 5) is 38.5. The molecule has 7 nitrogen and oxygen atoms in total. The van der Waals surface area contributed by atoms with Crippen molar-refractivity contribution >= 4 is 63.0 Å². The summed E-state index contributed by atoms with van der Waals surface area (Å²) in [5.41, 5.74) is 3.23. The van der Waals surface area contributed by atoms with E-state index in [9.17, 15) is 19.5 Å². The fourth-order valence-electron chi connectivity index (χ4n) is 4.77. The molecule has 0 bridgehead atoms. The first kappa shape index (κ1) is 30.3. The van der Waals surface area contributed by atoms with Gasteiger partial charge in [-0.15, -0.1) is 0 Å². The van der Waals surface area contributed by atoms with Gasteiger partial charge < -0.3 is 19.9 Å². The van der Waals surface area contributed by atoms with Crippen LogP contribution in [0, 0.1) is 7.14 Å². The predicted molar refractivity (Wildman–Crippen MR) is 168 cm³/mol. The molecule has 0 radical (unpaired) electrons. The predicted octanol–water partition coefficient (Wildman–Crippen LogP) is 6.91. The molecule has 0 saturated heterocycles. The number of carbonyl (C=O) groups is 3. The summed E-state index contributed by atoms with van der Waals surface area (Å²) < 4.78 is 11.9. The van der Waals surface area contributed by atoms with Crippen molar-refractivity contribution in [1.29, 1.82) is 0 Å². The summed E-state index contributed by atoms with van der Waals surface area (Å²) in [6.45, 7) is -0.401. The molecular weight excluding hydrogens is 736 g/mol. The molecule has 1 aliphatic rings. The monoisotopic (exact) mass is 767 g/mol. The van der Waals surface area contributed by atoms with Crippen molar-refractivity contribution in [1.82, 2.24) is 5.32 Å². The van der Waals surface area contributed by atoms with Crippen LogP contribution in [0.25, 0.3) is 0 Å². The molecule has 210 valence electrons. The van der Waals surface area contributed by atoms with E-state index in [0.29, 0.717) is 24.2 Å². The number of amides is 1. The van der Waals surface area contributed by atoms with Gasteiger partial charge in [0.15, 0.2) is 12.4 Å². The Hall–Kier alpha value is -2.67. The molecule has 0 unspecified atom stereocenters. The van der Waals surface area contributed by atoms with Crippen LogP contribution in [0.1, 0.15) is 65.1 Å². The highest BCUT2D eigenvalue weighted by Gasteiger charge is 2.26. The van der Waals surface area contributed by atoms with Gasteiger partial charge in [0.1, 0.15) is 18.4 Å². The molecule has 1 fully saturated rings. The molecular formula is C31H31I2NO6. The zero-order valence-corrected chi connectivity index (χ0v) is 26.2. The lowest BCUT2D eigenvalue weighted by atomic mass is 9.84. The van der Waals surface area contributed by atoms with E-state index in [0.717, 1.165) is 5.56 Å². The number of nitrogens with one attached hydrogen (secondary N) is 1. The molecule has 3 aromatic carbocycles. The van der Waals surface area contributed by atoms with Gasteiger partial charge in [-0.05, 0) is 92.8 Å². The van der Waals surface area contributed by atoms with Gasteiger partial charge in [0.05, 0.1) is 7.14 Å². The number of rotatable bonds is 10. The Balaban J connectivity index is 1.39. The summed E-state index contributed by atoms with van der Waals surface area (Å²) in [6, 6.07) is 19.1. The van der Waals surface area contributed by atoms with Crippen LogP contribution < -0.4 is 5.32 Å². The molecule has 0 aromatic heterocycles. The minimum atomic E-state index is -1.10. The lowest BCUT2D eigenvalue weighted by Gasteiger charge is -2.22. The molecule has 40 heavy (non-hydrogen) atoms. The molecule has 1 amide bonds. The van der Waals surface area contributed by atoms with Gasteiger partial charge in [-0.3, -0.25) is 4.79 Å². The number of phenolic OH excluding ortho intramolecular Hbond substituents is 1. The van der Waals surface area contributed by atoms with Crippen molar-refractivity contribution in [2.24, 2.45) is 0 Å². The van der Waals surface area contributed by atoms with E-state index in [1.54, 1.807) is 24.3 Å². The standard InChI is InChI=1S/C31H31I2NO6/c32-25-15-21(16-26(33)29(25)36)17-27(34-31(38)40-18-20-7-3-1-4-8-20)30(37)39-19-28(35)24-13-11-23(12-14-24)22-9-5-2-6-10-22/h1,3-4,7-8,11-16,22,27,36H,2,5-6,9-10,17-19H2,(H,34,38)/t27-/m0/s1. The molecule has 0 aliphatic heterocycles. The Morgan fingerprint density at radius 2 is 1.52 bits per heavy atom. The normalized spacial score (nSPS) is 14.2. The van der Waals surface area contributed by atoms with E-state index in [1.807, 2.05) is 87.6 Å². The molecule has 1 saturated carbocycles. The van der Waals surface area contributed by atoms with E-state index in [4.69, 9.17) is 9.47 Å². The number of ketones is 1. The number of phenols is 1. The fraction of sp³-hybridized carbons (Fsp3) is 0.323. The number of ether oxygens (including phenoxy) is 2. The van der Waals surface area contributed by atoms with E-state index < -0.39 is 24.7 Å². The molecule has 0 spiro atoms. The molecule has 0 heterocycles. The molecule has 2 N–H and O–H groups in total. The summed E-state index contributed by atoms with van der Waals surface area (Å²) in [5, 5.41) is 12.7. The van der Waals surface area contributed by atoms with Crippen molar-refractivity contribution in [3.8, 4) is 5.75 Å². The average molecular weight is 767 g/mol. The number of Topliss-reactive ketones (excluding diaryl/α,β-unsaturated/α-hetero) is 1. The number of benzene rings is 3. The molecule has 3 aromatic rings. The molecule has 4 rings (SSSR count). The number of halogens is 2. The van der Waals surface area contributed by atoms with Crippen LogP contribution in [-0.2, 0) is 27.3 Å². The summed E-state index contributed by atoms with van der Waals surface area (Å²) in [7, 11) is 0. The third kappa shape index (κ3) is 8.66. The second kappa shape index (κ2) is 14.8. The molecule has 9 heteroatoms. The minimum Gasteiger partial charge on any atom is -0.506 e. The quantitative estimate of drug-likeness (QED) is 0.132. The van der Waals surface area contributed by atoms with Gasteiger partial charge in [0.2, 0.25) is 0 Å². The van der Waals surface area contributed by atoms with Crippen LogP contribution in [0.15, 0.2) is 66.7 Å². The van der Waals surface area contributed by atoms with E-state index in [2.05, 4.69) is 5.32 Å². The van der Waals surface area contributed by atoms with Gasteiger partial charge in [-0.2, -0.15) is 0 Å². The smallest absolute Gasteiger partial charge is 0.408 e. The van der Waals surface area contributed by atoms with E-state index in [1.165, 1.54) is 37.7 Å². The lowest BCUT2D eigenvalue weighted by Crippen LogP contribution is -2.44. The van der Waals surface area contributed by atoms with Crippen LogP contribution >= 0.6 is 45.2 Å². The SMILES string of the molecule is O=C(N[C@@H](Cc1cc(I)c(O)c(I)c1)C(=O)OCC(=O)c1ccc(C2CCCCC2)cc1)OCc1ccccc1. The number of hydrogen-bond donors (Lipinski definition) is 2. The van der Waals surface area contributed by atoms with Gasteiger partial charge in [0, 0.05) is 12.0 Å². The number of carbonyl (C=O) groups excluding carboxylic acids is 3. The van der Waals surface area contributed by atoms with Crippen LogP contribution in [0.5, 0.6) is 5.75 Å². The van der Waals surface area contributed by atoms with Gasteiger partial charge >= 0.3 is 12.1 Å². The molecule has 1 atom stereocenters. The Bertz CT molecular complexity index is 1300. The molecule has 1 aliphatic carbocycles. The summed E-state index contributed by atoms with van der Waals surface area (Å²) >= 11 is 4.01. The largest absolute Gasteiger partial charge is 0.506 e. The maximum absolute atomic E-state index is 13.1. The van der Waals surface area contributed by atoms with Crippen LogP contribution in [0.2, 0.25) is 0 Å². The summed E-state index contributed by atoms with van der Waals surface area (Å²) in [6.07, 6.45) is 5.41. The number of aromatic hydroxyl groups is 1.